The Bertz CT molecular complexity index is 2850. The third-order valence-electron chi connectivity index (χ3n) is 11.1. The molecule has 0 radical (unpaired) electrons. The molecule has 2 nitrogen and oxygen atoms in total. The van der Waals surface area contributed by atoms with Crippen molar-refractivity contribution in [2.45, 2.75) is 19.3 Å². The van der Waals surface area contributed by atoms with E-state index in [1.807, 2.05) is 18.2 Å². The molecule has 0 amide bonds. The van der Waals surface area contributed by atoms with E-state index >= 15 is 0 Å². The van der Waals surface area contributed by atoms with Gasteiger partial charge in [0.25, 0.3) is 0 Å². The molecule has 8 aromatic carbocycles. The quantitative estimate of drug-likeness (QED) is 0.181. The predicted molar refractivity (Wildman–Crippen MR) is 222 cm³/mol. The second-order valence-electron chi connectivity index (χ2n) is 14.6. The topological polar surface area (TPSA) is 25.8 Å². The van der Waals surface area contributed by atoms with Crippen molar-refractivity contribution in [2.75, 3.05) is 0 Å². The lowest BCUT2D eigenvalue weighted by molar-refractivity contribution is 0.661. The van der Waals surface area contributed by atoms with Gasteiger partial charge in [-0.15, -0.1) is 0 Å². The summed E-state index contributed by atoms with van der Waals surface area (Å²) in [5.74, 6) is 0.710. The van der Waals surface area contributed by atoms with E-state index in [0.29, 0.717) is 5.82 Å². The molecule has 0 spiro atoms. The molecule has 0 aliphatic heterocycles. The Balaban J connectivity index is 1.15. The maximum atomic E-state index is 5.26. The fraction of sp³-hybridized carbons (Fsp3) is 0.0588. The Morgan fingerprint density at radius 3 is 1.62 bits per heavy atom. The molecule has 0 N–H and O–H groups in total. The molecule has 0 saturated heterocycles. The van der Waals surface area contributed by atoms with Gasteiger partial charge in [0, 0.05) is 22.1 Å². The van der Waals surface area contributed by atoms with E-state index in [0.717, 1.165) is 44.6 Å². The van der Waals surface area contributed by atoms with Crippen LogP contribution in [-0.2, 0) is 5.41 Å². The Morgan fingerprint density at radius 1 is 0.340 bits per heavy atom. The van der Waals surface area contributed by atoms with Crippen molar-refractivity contribution in [3.05, 3.63) is 193 Å². The summed E-state index contributed by atoms with van der Waals surface area (Å²) in [5, 5.41) is 4.94. The van der Waals surface area contributed by atoms with Crippen LogP contribution >= 0.6 is 0 Å². The summed E-state index contributed by atoms with van der Waals surface area (Å²) in [4.78, 5) is 10.5. The summed E-state index contributed by atoms with van der Waals surface area (Å²) >= 11 is 0. The minimum Gasteiger partial charge on any atom is -0.228 e. The number of aromatic nitrogens is 2. The van der Waals surface area contributed by atoms with Gasteiger partial charge in [0.05, 0.1) is 11.4 Å². The van der Waals surface area contributed by atoms with Crippen LogP contribution in [0, 0.1) is 0 Å². The number of benzene rings is 8. The van der Waals surface area contributed by atoms with Gasteiger partial charge in [-0.25, -0.2) is 9.97 Å². The van der Waals surface area contributed by atoms with E-state index in [1.54, 1.807) is 0 Å². The van der Waals surface area contributed by atoms with Crippen LogP contribution in [0.25, 0.3) is 88.8 Å². The average Bonchev–Trinajstić information content (AvgIpc) is 3.44. The molecule has 1 aromatic heterocycles. The lowest BCUT2D eigenvalue weighted by Gasteiger charge is -2.22. The summed E-state index contributed by atoms with van der Waals surface area (Å²) in [6.07, 6.45) is 0. The monoisotopic (exact) mass is 676 g/mol. The van der Waals surface area contributed by atoms with Gasteiger partial charge in [0.2, 0.25) is 0 Å². The second-order valence-corrected chi connectivity index (χ2v) is 14.6. The molecule has 0 saturated carbocycles. The molecule has 250 valence electrons. The lowest BCUT2D eigenvalue weighted by atomic mass is 9.81. The van der Waals surface area contributed by atoms with E-state index < -0.39 is 0 Å². The van der Waals surface area contributed by atoms with Gasteiger partial charge in [0.1, 0.15) is 0 Å². The van der Waals surface area contributed by atoms with Gasteiger partial charge in [-0.2, -0.15) is 0 Å². The number of fused-ring (bicyclic) bond motifs is 5. The summed E-state index contributed by atoms with van der Waals surface area (Å²) in [6.45, 7) is 4.71. The number of rotatable bonds is 5. The summed E-state index contributed by atoms with van der Waals surface area (Å²) in [6, 6.07) is 65.4. The van der Waals surface area contributed by atoms with Crippen LogP contribution in [0.5, 0.6) is 0 Å². The molecule has 0 atom stereocenters. The highest BCUT2D eigenvalue weighted by Gasteiger charge is 2.36. The van der Waals surface area contributed by atoms with E-state index in [1.165, 1.54) is 49.5 Å². The van der Waals surface area contributed by atoms with Crippen LogP contribution in [0.4, 0.5) is 0 Å². The lowest BCUT2D eigenvalue weighted by Crippen LogP contribution is -2.14. The summed E-state index contributed by atoms with van der Waals surface area (Å²) in [5.41, 5.74) is 15.1. The van der Waals surface area contributed by atoms with Gasteiger partial charge in [-0.05, 0) is 90.3 Å². The minimum absolute atomic E-state index is 0.0700. The van der Waals surface area contributed by atoms with Crippen molar-refractivity contribution < 1.29 is 0 Å². The van der Waals surface area contributed by atoms with Crippen LogP contribution in [0.3, 0.4) is 0 Å². The molecule has 0 bridgehead atoms. The van der Waals surface area contributed by atoms with Crippen molar-refractivity contribution in [3.8, 4) is 67.3 Å². The average molecular weight is 677 g/mol. The van der Waals surface area contributed by atoms with Crippen LogP contribution in [-0.4, -0.2) is 9.97 Å². The third kappa shape index (κ3) is 5.18. The van der Waals surface area contributed by atoms with E-state index in [9.17, 15) is 0 Å². The smallest absolute Gasteiger partial charge is 0.160 e. The molecule has 9 aromatic rings. The normalized spacial score (nSPS) is 12.9. The largest absolute Gasteiger partial charge is 0.228 e. The van der Waals surface area contributed by atoms with Gasteiger partial charge in [-0.3, -0.25) is 0 Å². The highest BCUT2D eigenvalue weighted by molar-refractivity contribution is 6.06. The van der Waals surface area contributed by atoms with E-state index in [2.05, 4.69) is 178 Å². The molecular weight excluding hydrogens is 641 g/mol. The van der Waals surface area contributed by atoms with Crippen molar-refractivity contribution in [2.24, 2.45) is 0 Å². The van der Waals surface area contributed by atoms with Crippen LogP contribution in [0.1, 0.15) is 25.0 Å². The van der Waals surface area contributed by atoms with Gasteiger partial charge in [0.15, 0.2) is 5.82 Å². The van der Waals surface area contributed by atoms with E-state index in [-0.39, 0.29) is 5.41 Å². The zero-order valence-electron chi connectivity index (χ0n) is 29.7. The first-order valence-electron chi connectivity index (χ1n) is 18.3. The third-order valence-corrected chi connectivity index (χ3v) is 11.1. The summed E-state index contributed by atoms with van der Waals surface area (Å²) < 4.78 is 0. The first-order chi connectivity index (χ1) is 26.0. The first-order valence-corrected chi connectivity index (χ1v) is 18.3. The molecule has 0 unspecified atom stereocenters. The Kier molecular flexibility index (Phi) is 7.19. The molecule has 53 heavy (non-hydrogen) atoms. The number of nitrogens with zero attached hydrogens (tertiary/aromatic N) is 2. The molecule has 1 aliphatic rings. The Morgan fingerprint density at radius 2 is 0.887 bits per heavy atom. The Hall–Kier alpha value is -6.64. The fourth-order valence-electron chi connectivity index (χ4n) is 8.39. The maximum Gasteiger partial charge on any atom is 0.160 e. The first kappa shape index (κ1) is 31.1. The van der Waals surface area contributed by atoms with Crippen LogP contribution in [0.2, 0.25) is 0 Å². The zero-order valence-corrected chi connectivity index (χ0v) is 29.7. The summed E-state index contributed by atoms with van der Waals surface area (Å²) in [7, 11) is 0. The van der Waals surface area contributed by atoms with E-state index in [4.69, 9.17) is 9.97 Å². The van der Waals surface area contributed by atoms with Gasteiger partial charge < -0.3 is 0 Å². The number of hydrogen-bond acceptors (Lipinski definition) is 2. The van der Waals surface area contributed by atoms with Crippen molar-refractivity contribution in [3.63, 3.8) is 0 Å². The van der Waals surface area contributed by atoms with Crippen molar-refractivity contribution in [1.82, 2.24) is 9.97 Å². The zero-order chi connectivity index (χ0) is 35.5. The fourth-order valence-corrected chi connectivity index (χ4v) is 8.39. The SMILES string of the molecule is CC1(C)c2ccc(-c3ccc(-c4cc(-c5ccccc5-c5ccccc5)nc(-c5ccccc5)n4)c4ccccc34)cc2-c2cc3ccccc3cc21. The van der Waals surface area contributed by atoms with Crippen LogP contribution < -0.4 is 0 Å². The van der Waals surface area contributed by atoms with Crippen LogP contribution in [0.15, 0.2) is 182 Å². The Labute approximate surface area is 310 Å². The molecule has 1 aliphatic carbocycles. The molecule has 10 rings (SSSR count). The highest BCUT2D eigenvalue weighted by Crippen LogP contribution is 2.51. The maximum absolute atomic E-state index is 5.26. The molecule has 0 fully saturated rings. The standard InChI is InChI=1S/C51H36N2/c1-51(2)46-28-25-37(30-44(46)45-29-35-19-9-10-20-36(35)31-47(45)51)39-26-27-43(41-23-13-12-22-40(39)41)49-32-48(52-50(53-49)34-17-7-4-8-18-34)42-24-14-11-21-38(42)33-15-5-3-6-16-33/h3-32H,1-2H3. The molecular formula is C51H36N2. The van der Waals surface area contributed by atoms with Crippen molar-refractivity contribution >= 4 is 21.5 Å². The molecule has 2 heteroatoms. The predicted octanol–water partition coefficient (Wildman–Crippen LogP) is 13.4. The molecule has 1 heterocycles. The second kappa shape index (κ2) is 12.3. The van der Waals surface area contributed by atoms with Gasteiger partial charge in [-0.1, -0.05) is 172 Å². The highest BCUT2D eigenvalue weighted by atomic mass is 14.9. The van der Waals surface area contributed by atoms with Crippen molar-refractivity contribution in [1.29, 1.82) is 0 Å². The minimum atomic E-state index is -0.0700. The van der Waals surface area contributed by atoms with Gasteiger partial charge >= 0.3 is 0 Å². The number of hydrogen-bond donors (Lipinski definition) is 0.